The molecule has 1 aliphatic heterocycles. The van der Waals surface area contributed by atoms with Crippen LogP contribution in [0.2, 0.25) is 0 Å². The van der Waals surface area contributed by atoms with E-state index >= 15 is 0 Å². The molecule has 1 amide bonds. The molecule has 29 heavy (non-hydrogen) atoms. The molecule has 0 radical (unpaired) electrons. The molecule has 0 aromatic heterocycles. The lowest BCUT2D eigenvalue weighted by Crippen LogP contribution is -2.48. The molecule has 0 unspecified atom stereocenters. The lowest BCUT2D eigenvalue weighted by atomic mass is 9.99. The largest absolute Gasteiger partial charge is 0.467 e. The lowest BCUT2D eigenvalue weighted by molar-refractivity contribution is -0.144. The summed E-state index contributed by atoms with van der Waals surface area (Å²) >= 11 is 0. The van der Waals surface area contributed by atoms with Gasteiger partial charge in [-0.05, 0) is 44.0 Å². The zero-order valence-electron chi connectivity index (χ0n) is 17.5. The first-order chi connectivity index (χ1) is 13.6. The molecule has 1 aliphatic rings. The van der Waals surface area contributed by atoms with Crippen LogP contribution in [0.15, 0.2) is 29.2 Å². The van der Waals surface area contributed by atoms with Crippen molar-refractivity contribution >= 4 is 21.9 Å². The van der Waals surface area contributed by atoms with Gasteiger partial charge >= 0.3 is 5.97 Å². The summed E-state index contributed by atoms with van der Waals surface area (Å²) in [4.78, 5) is 24.6. The molecule has 0 bridgehead atoms. The number of methoxy groups -OCH3 is 1. The third kappa shape index (κ3) is 5.55. The van der Waals surface area contributed by atoms with Crippen molar-refractivity contribution in [3.05, 3.63) is 29.8 Å². The first kappa shape index (κ1) is 23.3. The molecule has 0 aliphatic carbocycles. The molecule has 2 rings (SSSR count). The van der Waals surface area contributed by atoms with Crippen LogP contribution >= 0.6 is 0 Å². The second-order valence-electron chi connectivity index (χ2n) is 7.46. The average molecular weight is 427 g/mol. The van der Waals surface area contributed by atoms with E-state index in [9.17, 15) is 18.0 Å². The molecular weight excluding hydrogens is 396 g/mol. The minimum absolute atomic E-state index is 0.101. The molecular formula is C20H30N2O6S. The number of hydrogen-bond acceptors (Lipinski definition) is 6. The Morgan fingerprint density at radius 2 is 1.76 bits per heavy atom. The molecule has 0 saturated carbocycles. The van der Waals surface area contributed by atoms with Crippen molar-refractivity contribution in [2.45, 2.75) is 57.3 Å². The van der Waals surface area contributed by atoms with Crippen LogP contribution in [0.1, 0.15) is 44.5 Å². The highest BCUT2D eigenvalue weighted by Crippen LogP contribution is 2.21. The summed E-state index contributed by atoms with van der Waals surface area (Å²) in [6, 6.07) is 4.94. The molecule has 1 aromatic rings. The molecule has 1 saturated heterocycles. The van der Waals surface area contributed by atoms with Crippen molar-refractivity contribution in [1.29, 1.82) is 0 Å². The molecule has 1 heterocycles. The molecule has 0 spiro atoms. The van der Waals surface area contributed by atoms with Gasteiger partial charge in [0.1, 0.15) is 6.04 Å². The number of sulfonamides is 1. The highest BCUT2D eigenvalue weighted by atomic mass is 32.2. The Kier molecular flexibility index (Phi) is 7.79. The smallest absolute Gasteiger partial charge is 0.328 e. The van der Waals surface area contributed by atoms with Crippen LogP contribution in [0.3, 0.4) is 0 Å². The number of carbonyl (C=O) groups is 2. The number of rotatable bonds is 7. The lowest BCUT2D eigenvalue weighted by Gasteiger charge is -2.34. The number of amides is 1. The Bertz CT molecular complexity index is 814. The number of carbonyl (C=O) groups excluding carboxylic acids is 2. The highest BCUT2D eigenvalue weighted by molar-refractivity contribution is 7.89. The summed E-state index contributed by atoms with van der Waals surface area (Å²) in [6.45, 7) is 8.00. The van der Waals surface area contributed by atoms with Gasteiger partial charge < -0.3 is 14.8 Å². The predicted octanol–water partition coefficient (Wildman–Crippen LogP) is 1.80. The second kappa shape index (κ2) is 9.69. The summed E-state index contributed by atoms with van der Waals surface area (Å²) in [7, 11) is -2.41. The van der Waals surface area contributed by atoms with Gasteiger partial charge in [-0.3, -0.25) is 4.79 Å². The van der Waals surface area contributed by atoms with Gasteiger partial charge in [0.15, 0.2) is 0 Å². The van der Waals surface area contributed by atoms with Crippen LogP contribution in [-0.4, -0.2) is 63.0 Å². The van der Waals surface area contributed by atoms with E-state index in [1.54, 1.807) is 0 Å². The van der Waals surface area contributed by atoms with Crippen LogP contribution in [0, 0.1) is 5.92 Å². The van der Waals surface area contributed by atoms with Crippen molar-refractivity contribution in [1.82, 2.24) is 9.62 Å². The van der Waals surface area contributed by atoms with E-state index in [0.717, 1.165) is 0 Å². The molecule has 4 atom stereocenters. The molecule has 8 nitrogen and oxygen atoms in total. The van der Waals surface area contributed by atoms with E-state index in [1.807, 2.05) is 27.7 Å². The summed E-state index contributed by atoms with van der Waals surface area (Å²) in [5.41, 5.74) is 0.268. The van der Waals surface area contributed by atoms with Crippen LogP contribution in [0.4, 0.5) is 0 Å². The molecule has 1 aromatic carbocycles. The van der Waals surface area contributed by atoms with Crippen LogP contribution < -0.4 is 5.32 Å². The Balaban J connectivity index is 2.16. The average Bonchev–Trinajstić information content (AvgIpc) is 2.70. The summed E-state index contributed by atoms with van der Waals surface area (Å²) in [5.74, 6) is -1.07. The third-order valence-electron chi connectivity index (χ3n) is 5.10. The van der Waals surface area contributed by atoms with Gasteiger partial charge in [-0.2, -0.15) is 4.31 Å². The first-order valence-corrected chi connectivity index (χ1v) is 11.2. The Morgan fingerprint density at radius 3 is 2.24 bits per heavy atom. The zero-order chi connectivity index (χ0) is 21.8. The van der Waals surface area contributed by atoms with Crippen molar-refractivity contribution in [2.75, 3.05) is 20.2 Å². The number of esters is 1. The molecule has 162 valence electrons. The summed E-state index contributed by atoms with van der Waals surface area (Å²) in [6.07, 6.45) is 0.317. The molecule has 9 heteroatoms. The number of benzene rings is 1. The number of nitrogens with zero attached hydrogens (tertiary/aromatic N) is 1. The van der Waals surface area contributed by atoms with Crippen LogP contribution in [0.5, 0.6) is 0 Å². The number of nitrogens with one attached hydrogen (secondary N) is 1. The van der Waals surface area contributed by atoms with E-state index < -0.39 is 27.9 Å². The maximum atomic E-state index is 12.9. The fourth-order valence-electron chi connectivity index (χ4n) is 3.28. The first-order valence-electron chi connectivity index (χ1n) is 9.74. The van der Waals surface area contributed by atoms with Gasteiger partial charge in [-0.15, -0.1) is 0 Å². The Hall–Kier alpha value is -1.97. The van der Waals surface area contributed by atoms with Crippen molar-refractivity contribution in [3.63, 3.8) is 0 Å². The molecule has 1 fully saturated rings. The van der Waals surface area contributed by atoms with Gasteiger partial charge in [-0.25, -0.2) is 13.2 Å². The number of ether oxygens (including phenoxy) is 2. The fourth-order valence-corrected chi connectivity index (χ4v) is 4.87. The topological polar surface area (TPSA) is 102 Å². The van der Waals surface area contributed by atoms with Gasteiger partial charge in [0.05, 0.1) is 24.2 Å². The van der Waals surface area contributed by atoms with E-state index in [1.165, 1.54) is 35.7 Å². The second-order valence-corrected chi connectivity index (χ2v) is 9.40. The van der Waals surface area contributed by atoms with Crippen molar-refractivity contribution < 1.29 is 27.5 Å². The number of hydrogen-bond donors (Lipinski definition) is 1. The van der Waals surface area contributed by atoms with Gasteiger partial charge in [-0.1, -0.05) is 20.3 Å². The fraction of sp³-hybridized carbons (Fsp3) is 0.600. The van der Waals surface area contributed by atoms with Crippen molar-refractivity contribution in [3.8, 4) is 0 Å². The van der Waals surface area contributed by atoms with E-state index in [4.69, 9.17) is 9.47 Å². The monoisotopic (exact) mass is 426 g/mol. The van der Waals surface area contributed by atoms with Gasteiger partial charge in [0.25, 0.3) is 5.91 Å². The van der Waals surface area contributed by atoms with E-state index in [2.05, 4.69) is 5.32 Å². The maximum absolute atomic E-state index is 12.9. The van der Waals surface area contributed by atoms with Gasteiger partial charge in [0, 0.05) is 18.7 Å². The van der Waals surface area contributed by atoms with Gasteiger partial charge in [0.2, 0.25) is 10.0 Å². The van der Waals surface area contributed by atoms with Crippen molar-refractivity contribution in [2.24, 2.45) is 5.92 Å². The maximum Gasteiger partial charge on any atom is 0.328 e. The van der Waals surface area contributed by atoms with E-state index in [-0.39, 0.29) is 41.7 Å². The minimum atomic E-state index is -3.68. The highest BCUT2D eigenvalue weighted by Gasteiger charge is 2.32. The Labute approximate surface area is 172 Å². The summed E-state index contributed by atoms with van der Waals surface area (Å²) < 4.78 is 37.6. The number of morpholine rings is 1. The van der Waals surface area contributed by atoms with E-state index in [0.29, 0.717) is 6.42 Å². The third-order valence-corrected chi connectivity index (χ3v) is 6.94. The standard InChI is InChI=1S/C20H30N2O6S/c1-6-13(2)18(20(24)27-5)21-19(23)16-7-9-17(10-8-16)29(25,26)22-11-14(3)28-15(4)12-22/h7-10,13-15,18H,6,11-12H2,1-5H3,(H,21,23)/t13-,14-,15+,18+/m1/s1. The van der Waals surface area contributed by atoms with Crippen LogP contribution in [-0.2, 0) is 24.3 Å². The predicted molar refractivity (Wildman–Crippen MR) is 108 cm³/mol. The quantitative estimate of drug-likeness (QED) is 0.667. The zero-order valence-corrected chi connectivity index (χ0v) is 18.4. The molecule has 1 N–H and O–H groups in total. The van der Waals surface area contributed by atoms with Crippen LogP contribution in [0.25, 0.3) is 0 Å². The SMILES string of the molecule is CC[C@@H](C)[C@H](NC(=O)c1ccc(S(=O)(=O)N2C[C@@H](C)O[C@@H](C)C2)cc1)C(=O)OC. The summed E-state index contributed by atoms with van der Waals surface area (Å²) in [5, 5.41) is 2.68. The normalized spacial score (nSPS) is 22.5. The minimum Gasteiger partial charge on any atom is -0.467 e. The Morgan fingerprint density at radius 1 is 1.21 bits per heavy atom.